The number of benzene rings is 2. The van der Waals surface area contributed by atoms with Crippen LogP contribution in [0.5, 0.6) is 0 Å². The number of aryl methyl sites for hydroxylation is 2. The van der Waals surface area contributed by atoms with Gasteiger partial charge in [-0.1, -0.05) is 78.3 Å². The van der Waals surface area contributed by atoms with Crippen molar-refractivity contribution in [2.24, 2.45) is 4.99 Å². The van der Waals surface area contributed by atoms with Gasteiger partial charge in [0, 0.05) is 36.5 Å². The first-order valence-corrected chi connectivity index (χ1v) is 14.0. The number of aromatic nitrogens is 3. The van der Waals surface area contributed by atoms with Crippen LogP contribution in [0.2, 0.25) is 0 Å². The second-order valence-corrected chi connectivity index (χ2v) is 8.78. The van der Waals surface area contributed by atoms with Crippen LogP contribution in [0, 0.1) is 13.8 Å². The average Bonchev–Trinajstić information content (AvgIpc) is 3.58. The zero-order chi connectivity index (χ0) is 27.8. The molecule has 0 amide bonds. The van der Waals surface area contributed by atoms with Crippen LogP contribution in [0.3, 0.4) is 0 Å². The van der Waals surface area contributed by atoms with Crippen LogP contribution in [0.25, 0.3) is 11.4 Å². The highest BCUT2D eigenvalue weighted by Gasteiger charge is 2.15. The van der Waals surface area contributed by atoms with Crippen molar-refractivity contribution in [2.45, 2.75) is 88.0 Å². The fourth-order valence-corrected chi connectivity index (χ4v) is 4.01. The summed E-state index contributed by atoms with van der Waals surface area (Å²) in [5, 5.41) is 8.55. The fourth-order valence-electron chi connectivity index (χ4n) is 4.01. The summed E-state index contributed by atoms with van der Waals surface area (Å²) in [6, 6.07) is 12.8. The molecule has 0 atom stereocenters. The largest absolute Gasteiger partial charge is 0.371 e. The summed E-state index contributed by atoms with van der Waals surface area (Å²) in [6.07, 6.45) is 7.93. The van der Waals surface area contributed by atoms with Gasteiger partial charge in [-0.15, -0.1) is 0 Å². The lowest BCUT2D eigenvalue weighted by atomic mass is 10.1. The van der Waals surface area contributed by atoms with Crippen LogP contribution in [-0.2, 0) is 6.42 Å². The zero-order valence-corrected chi connectivity index (χ0v) is 24.8. The molecule has 202 valence electrons. The highest BCUT2D eigenvalue weighted by atomic mass is 15.5. The lowest BCUT2D eigenvalue weighted by molar-refractivity contribution is 0.387. The summed E-state index contributed by atoms with van der Waals surface area (Å²) < 4.78 is 0. The summed E-state index contributed by atoms with van der Waals surface area (Å²) >= 11 is 0. The van der Waals surface area contributed by atoms with Crippen molar-refractivity contribution >= 4 is 17.1 Å². The molecule has 0 aliphatic carbocycles. The Balaban J connectivity index is 0.000000380. The van der Waals surface area contributed by atoms with Crippen LogP contribution in [0.15, 0.2) is 60.4 Å². The van der Waals surface area contributed by atoms with Crippen LogP contribution in [0.4, 0.5) is 5.69 Å². The van der Waals surface area contributed by atoms with Gasteiger partial charge >= 0.3 is 0 Å². The summed E-state index contributed by atoms with van der Waals surface area (Å²) in [6.45, 7) is 25.1. The number of unbranched alkanes of at least 4 members (excludes halogenated alkanes) is 1. The zero-order valence-electron chi connectivity index (χ0n) is 24.8. The van der Waals surface area contributed by atoms with Crippen LogP contribution in [-0.4, -0.2) is 38.7 Å². The van der Waals surface area contributed by atoms with Gasteiger partial charge in [-0.05, 0) is 62.9 Å². The third kappa shape index (κ3) is 9.64. The van der Waals surface area contributed by atoms with Gasteiger partial charge in [0.2, 0.25) is 0 Å². The van der Waals surface area contributed by atoms with Gasteiger partial charge in [0.1, 0.15) is 0 Å². The molecular formula is C32H49N5. The lowest BCUT2D eigenvalue weighted by Crippen LogP contribution is -2.24. The van der Waals surface area contributed by atoms with Gasteiger partial charge in [-0.3, -0.25) is 4.99 Å². The van der Waals surface area contributed by atoms with Crippen molar-refractivity contribution in [3.8, 4) is 5.69 Å². The Morgan fingerprint density at radius 2 is 1.49 bits per heavy atom. The van der Waals surface area contributed by atoms with Gasteiger partial charge in [-0.2, -0.15) is 15.0 Å². The van der Waals surface area contributed by atoms with Crippen molar-refractivity contribution in [1.29, 1.82) is 0 Å². The van der Waals surface area contributed by atoms with E-state index in [0.29, 0.717) is 0 Å². The number of hydrogen-bond acceptors (Lipinski definition) is 4. The van der Waals surface area contributed by atoms with Crippen LogP contribution >= 0.6 is 0 Å². The topological polar surface area (TPSA) is 46.3 Å². The minimum atomic E-state index is 0.984. The molecule has 1 aliphatic rings. The molecule has 0 saturated heterocycles. The first-order valence-electron chi connectivity index (χ1n) is 14.0. The second-order valence-electron chi connectivity index (χ2n) is 8.78. The standard InChI is InChI=1S/C18H26N4.C10H11N.2C2H6/c1-5-7-13-21(12-6-2)16(4)17-14-15(3)8-9-18(17)22-19-10-11-20-22;1-7-3-4-9-6-8(2)11-10(9)5-7;2*1-2/h8-11,14H,4-7,12-13H2,1-3H3;3-5H,6H2,1-2H3;2*1-2H3. The molecule has 0 radical (unpaired) electrons. The quantitative estimate of drug-likeness (QED) is 0.309. The van der Waals surface area contributed by atoms with E-state index in [1.54, 1.807) is 17.2 Å². The predicted molar refractivity (Wildman–Crippen MR) is 162 cm³/mol. The smallest absolute Gasteiger partial charge is 0.0949 e. The molecule has 37 heavy (non-hydrogen) atoms. The highest BCUT2D eigenvalue weighted by Crippen LogP contribution is 2.27. The first kappa shape index (κ1) is 31.8. The highest BCUT2D eigenvalue weighted by molar-refractivity contribution is 5.92. The maximum Gasteiger partial charge on any atom is 0.0949 e. The van der Waals surface area contributed by atoms with Crippen molar-refractivity contribution in [3.05, 3.63) is 77.6 Å². The van der Waals surface area contributed by atoms with E-state index in [0.717, 1.165) is 42.9 Å². The van der Waals surface area contributed by atoms with E-state index in [1.165, 1.54) is 40.9 Å². The molecular weight excluding hydrogens is 454 g/mol. The third-order valence-electron chi connectivity index (χ3n) is 5.75. The average molecular weight is 504 g/mol. The van der Waals surface area contributed by atoms with E-state index in [1.807, 2.05) is 27.7 Å². The van der Waals surface area contributed by atoms with Crippen molar-refractivity contribution in [1.82, 2.24) is 19.9 Å². The number of nitrogens with zero attached hydrogens (tertiary/aromatic N) is 5. The summed E-state index contributed by atoms with van der Waals surface area (Å²) in [5.41, 5.74) is 9.44. The summed E-state index contributed by atoms with van der Waals surface area (Å²) in [4.78, 5) is 8.48. The Hall–Kier alpha value is -3.21. The number of fused-ring (bicyclic) bond motifs is 1. The molecule has 2 heterocycles. The minimum absolute atomic E-state index is 0.984. The third-order valence-corrected chi connectivity index (χ3v) is 5.75. The number of rotatable bonds is 8. The Kier molecular flexibility index (Phi) is 14.9. The van der Waals surface area contributed by atoms with Crippen molar-refractivity contribution in [2.75, 3.05) is 13.1 Å². The Labute approximate surface area is 226 Å². The monoisotopic (exact) mass is 503 g/mol. The van der Waals surface area contributed by atoms with Crippen molar-refractivity contribution in [3.63, 3.8) is 0 Å². The van der Waals surface area contributed by atoms with E-state index >= 15 is 0 Å². The normalized spacial score (nSPS) is 11.0. The number of aliphatic imine (C=N–C) groups is 1. The van der Waals surface area contributed by atoms with Gasteiger partial charge in [0.25, 0.3) is 0 Å². The molecule has 0 fully saturated rings. The molecule has 0 unspecified atom stereocenters. The molecule has 1 aromatic heterocycles. The summed E-state index contributed by atoms with van der Waals surface area (Å²) in [5.74, 6) is 0. The molecule has 1 aliphatic heterocycles. The molecule has 4 rings (SSSR count). The fraction of sp³-hybridized carbons (Fsp3) is 0.469. The summed E-state index contributed by atoms with van der Waals surface area (Å²) in [7, 11) is 0. The van der Waals surface area contributed by atoms with E-state index < -0.39 is 0 Å². The second kappa shape index (κ2) is 17.3. The van der Waals surface area contributed by atoms with Crippen molar-refractivity contribution < 1.29 is 0 Å². The lowest BCUT2D eigenvalue weighted by Gasteiger charge is -2.27. The van der Waals surface area contributed by atoms with E-state index in [9.17, 15) is 0 Å². The Bertz CT molecular complexity index is 1100. The van der Waals surface area contributed by atoms with Crippen LogP contribution < -0.4 is 0 Å². The van der Waals surface area contributed by atoms with E-state index in [2.05, 4.69) is 97.7 Å². The maximum absolute atomic E-state index is 4.43. The molecule has 3 aromatic rings. The molecule has 2 aromatic carbocycles. The molecule has 0 N–H and O–H groups in total. The molecule has 5 nitrogen and oxygen atoms in total. The van der Waals surface area contributed by atoms with Gasteiger partial charge in [-0.25, -0.2) is 0 Å². The van der Waals surface area contributed by atoms with E-state index in [-0.39, 0.29) is 0 Å². The Morgan fingerprint density at radius 3 is 2.11 bits per heavy atom. The minimum Gasteiger partial charge on any atom is -0.371 e. The van der Waals surface area contributed by atoms with E-state index in [4.69, 9.17) is 0 Å². The predicted octanol–water partition coefficient (Wildman–Crippen LogP) is 8.75. The number of hydrogen-bond donors (Lipinski definition) is 0. The molecule has 0 bridgehead atoms. The maximum atomic E-state index is 4.43. The molecule has 5 heteroatoms. The Morgan fingerprint density at radius 1 is 0.865 bits per heavy atom. The molecule has 0 spiro atoms. The van der Waals surface area contributed by atoms with Gasteiger partial charge < -0.3 is 4.90 Å². The van der Waals surface area contributed by atoms with Crippen LogP contribution in [0.1, 0.15) is 90.0 Å². The van der Waals surface area contributed by atoms with Gasteiger partial charge in [0.05, 0.1) is 23.8 Å². The first-order chi connectivity index (χ1) is 17.9. The SMILES string of the molecule is C=C(c1cc(C)ccc1-n1nccn1)N(CCC)CCCC.CC.CC.CC1=Nc2cc(C)ccc2C1. The molecule has 0 saturated carbocycles. The van der Waals surface area contributed by atoms with Gasteiger partial charge in [0.15, 0.2) is 0 Å².